The van der Waals surface area contributed by atoms with Crippen LogP contribution in [0.15, 0.2) is 0 Å². The highest BCUT2D eigenvalue weighted by Gasteiger charge is 2.43. The van der Waals surface area contributed by atoms with E-state index in [1.54, 1.807) is 14.2 Å². The average Bonchev–Trinajstić information content (AvgIpc) is 3.12. The lowest BCUT2D eigenvalue weighted by Gasteiger charge is -2.18. The zero-order chi connectivity index (χ0) is 12.1. The smallest absolute Gasteiger partial charge is 0.320 e. The second-order valence-electron chi connectivity index (χ2n) is 5.43. The van der Waals surface area contributed by atoms with Crippen LogP contribution >= 0.6 is 0 Å². The third kappa shape index (κ3) is 4.36. The molecule has 0 aromatic carbocycles. The SMILES string of the molecule is CO[SiH](CCCCCC1CCC2OC2C1)OC. The summed E-state index contributed by atoms with van der Waals surface area (Å²) in [5.41, 5.74) is 0. The average molecular weight is 258 g/mol. The van der Waals surface area contributed by atoms with Gasteiger partial charge in [-0.15, -0.1) is 0 Å². The summed E-state index contributed by atoms with van der Waals surface area (Å²) in [4.78, 5) is 0. The minimum Gasteiger partial charge on any atom is -0.400 e. The van der Waals surface area contributed by atoms with E-state index >= 15 is 0 Å². The number of epoxide rings is 1. The van der Waals surface area contributed by atoms with E-state index in [9.17, 15) is 0 Å². The number of rotatable bonds is 8. The Kier molecular flexibility index (Phi) is 5.47. The minimum atomic E-state index is -1.29. The molecule has 3 atom stereocenters. The zero-order valence-electron chi connectivity index (χ0n) is 11.2. The van der Waals surface area contributed by atoms with Gasteiger partial charge in [0.15, 0.2) is 0 Å². The molecule has 3 nitrogen and oxygen atoms in total. The fourth-order valence-corrected chi connectivity index (χ4v) is 4.29. The van der Waals surface area contributed by atoms with E-state index < -0.39 is 9.28 Å². The molecule has 2 aliphatic rings. The molecule has 0 N–H and O–H groups in total. The number of fused-ring (bicyclic) bond motifs is 1. The molecule has 1 aliphatic carbocycles. The molecule has 3 unspecified atom stereocenters. The lowest BCUT2D eigenvalue weighted by atomic mass is 9.86. The van der Waals surface area contributed by atoms with Crippen molar-refractivity contribution in [2.75, 3.05) is 14.2 Å². The van der Waals surface area contributed by atoms with Crippen LogP contribution in [-0.4, -0.2) is 35.7 Å². The predicted molar refractivity (Wildman–Crippen MR) is 70.4 cm³/mol. The molecule has 2 rings (SSSR count). The molecule has 1 aliphatic heterocycles. The molecule has 2 fully saturated rings. The first-order valence-electron chi connectivity index (χ1n) is 7.04. The molecule has 1 saturated heterocycles. The van der Waals surface area contributed by atoms with E-state index in [1.165, 1.54) is 44.9 Å². The molecular weight excluding hydrogens is 232 g/mol. The van der Waals surface area contributed by atoms with Crippen LogP contribution in [0.25, 0.3) is 0 Å². The van der Waals surface area contributed by atoms with Gasteiger partial charge in [-0.2, -0.15) is 0 Å². The van der Waals surface area contributed by atoms with Crippen molar-refractivity contribution in [3.05, 3.63) is 0 Å². The fourth-order valence-electron chi connectivity index (χ4n) is 3.00. The normalized spacial score (nSPS) is 31.6. The summed E-state index contributed by atoms with van der Waals surface area (Å²) < 4.78 is 16.2. The van der Waals surface area contributed by atoms with Gasteiger partial charge < -0.3 is 13.6 Å². The molecule has 0 aromatic rings. The molecular formula is C13H26O3Si. The summed E-state index contributed by atoms with van der Waals surface area (Å²) in [5.74, 6) is 0.941. The highest BCUT2D eigenvalue weighted by Crippen LogP contribution is 2.41. The molecule has 1 heterocycles. The lowest BCUT2D eigenvalue weighted by molar-refractivity contribution is 0.275. The maximum atomic E-state index is 5.57. The van der Waals surface area contributed by atoms with Gasteiger partial charge in [-0.1, -0.05) is 25.7 Å². The van der Waals surface area contributed by atoms with Crippen molar-refractivity contribution in [3.8, 4) is 0 Å². The highest BCUT2D eigenvalue weighted by atomic mass is 28.3. The molecule has 17 heavy (non-hydrogen) atoms. The molecule has 0 radical (unpaired) electrons. The van der Waals surface area contributed by atoms with Crippen molar-refractivity contribution in [3.63, 3.8) is 0 Å². The molecule has 0 spiro atoms. The summed E-state index contributed by atoms with van der Waals surface area (Å²) in [5, 5.41) is 0. The standard InChI is InChI=1S/C13H26O3Si/c1-14-17(15-2)9-5-3-4-6-11-7-8-12-13(10-11)16-12/h11-13,17H,3-10H2,1-2H3. The number of hydrogen-bond donors (Lipinski definition) is 0. The molecule has 0 bridgehead atoms. The van der Waals surface area contributed by atoms with Gasteiger partial charge in [-0.25, -0.2) is 0 Å². The largest absolute Gasteiger partial charge is 0.400 e. The first-order chi connectivity index (χ1) is 8.33. The van der Waals surface area contributed by atoms with E-state index in [4.69, 9.17) is 13.6 Å². The summed E-state index contributed by atoms with van der Waals surface area (Å²) >= 11 is 0. The Morgan fingerprint density at radius 1 is 1.06 bits per heavy atom. The van der Waals surface area contributed by atoms with Gasteiger partial charge in [-0.3, -0.25) is 0 Å². The molecule has 4 heteroatoms. The zero-order valence-corrected chi connectivity index (χ0v) is 12.3. The number of ether oxygens (including phenoxy) is 1. The van der Waals surface area contributed by atoms with Crippen LogP contribution in [0.5, 0.6) is 0 Å². The summed E-state index contributed by atoms with van der Waals surface area (Å²) in [7, 11) is 2.25. The van der Waals surface area contributed by atoms with E-state index in [-0.39, 0.29) is 0 Å². The first-order valence-corrected chi connectivity index (χ1v) is 8.80. The van der Waals surface area contributed by atoms with E-state index in [0.29, 0.717) is 12.2 Å². The summed E-state index contributed by atoms with van der Waals surface area (Å²) in [6.45, 7) is 0. The van der Waals surface area contributed by atoms with Gasteiger partial charge in [0.25, 0.3) is 0 Å². The molecule has 1 saturated carbocycles. The molecule has 0 amide bonds. The maximum Gasteiger partial charge on any atom is 0.320 e. The van der Waals surface area contributed by atoms with Crippen LogP contribution < -0.4 is 0 Å². The molecule has 100 valence electrons. The van der Waals surface area contributed by atoms with Crippen LogP contribution in [0.4, 0.5) is 0 Å². The Balaban J connectivity index is 1.45. The van der Waals surface area contributed by atoms with Gasteiger partial charge in [0.2, 0.25) is 0 Å². The summed E-state index contributed by atoms with van der Waals surface area (Å²) in [6.07, 6.45) is 10.7. The van der Waals surface area contributed by atoms with Gasteiger partial charge in [-0.05, 0) is 31.2 Å². The molecule has 0 aromatic heterocycles. The van der Waals surface area contributed by atoms with Crippen LogP contribution in [0, 0.1) is 5.92 Å². The van der Waals surface area contributed by atoms with Crippen molar-refractivity contribution in [1.82, 2.24) is 0 Å². The second-order valence-corrected chi connectivity index (χ2v) is 7.81. The van der Waals surface area contributed by atoms with Gasteiger partial charge in [0, 0.05) is 14.2 Å². The van der Waals surface area contributed by atoms with Crippen LogP contribution in [0.3, 0.4) is 0 Å². The van der Waals surface area contributed by atoms with E-state index in [0.717, 1.165) is 12.0 Å². The van der Waals surface area contributed by atoms with Gasteiger partial charge >= 0.3 is 9.28 Å². The van der Waals surface area contributed by atoms with Crippen LogP contribution in [0.2, 0.25) is 6.04 Å². The monoisotopic (exact) mass is 258 g/mol. The number of unbranched alkanes of at least 4 members (excludes halogenated alkanes) is 2. The quantitative estimate of drug-likeness (QED) is 0.381. The third-order valence-electron chi connectivity index (χ3n) is 4.19. The Hall–Kier alpha value is 0.0969. The minimum absolute atomic E-state index is 0.646. The van der Waals surface area contributed by atoms with Crippen molar-refractivity contribution in [1.29, 1.82) is 0 Å². The van der Waals surface area contributed by atoms with Crippen molar-refractivity contribution in [2.45, 2.75) is 63.2 Å². The first kappa shape index (κ1) is 13.5. The van der Waals surface area contributed by atoms with Crippen LogP contribution in [-0.2, 0) is 13.6 Å². The second kappa shape index (κ2) is 6.88. The van der Waals surface area contributed by atoms with Gasteiger partial charge in [0.1, 0.15) is 0 Å². The van der Waals surface area contributed by atoms with Gasteiger partial charge in [0.05, 0.1) is 12.2 Å². The number of hydrogen-bond acceptors (Lipinski definition) is 3. The van der Waals surface area contributed by atoms with Crippen molar-refractivity contribution in [2.24, 2.45) is 5.92 Å². The summed E-state index contributed by atoms with van der Waals surface area (Å²) in [6, 6.07) is 1.16. The Labute approximate surface area is 107 Å². The fraction of sp³-hybridized carbons (Fsp3) is 1.00. The van der Waals surface area contributed by atoms with E-state index in [2.05, 4.69) is 0 Å². The Bertz CT molecular complexity index is 221. The van der Waals surface area contributed by atoms with Crippen molar-refractivity contribution < 1.29 is 13.6 Å². The topological polar surface area (TPSA) is 31.0 Å². The Morgan fingerprint density at radius 3 is 2.59 bits per heavy atom. The van der Waals surface area contributed by atoms with Crippen molar-refractivity contribution >= 4 is 9.28 Å². The van der Waals surface area contributed by atoms with Crippen LogP contribution in [0.1, 0.15) is 44.9 Å². The highest BCUT2D eigenvalue weighted by molar-refractivity contribution is 6.44. The van der Waals surface area contributed by atoms with E-state index in [1.807, 2.05) is 0 Å². The predicted octanol–water partition coefficient (Wildman–Crippen LogP) is 2.63. The maximum absolute atomic E-state index is 5.57. The lowest BCUT2D eigenvalue weighted by Crippen LogP contribution is -2.18. The Morgan fingerprint density at radius 2 is 1.88 bits per heavy atom. The third-order valence-corrected chi connectivity index (χ3v) is 6.12.